The predicted octanol–water partition coefficient (Wildman–Crippen LogP) is 5.75. The van der Waals surface area contributed by atoms with Gasteiger partial charge in [0.05, 0.1) is 4.92 Å². The fourth-order valence-electron chi connectivity index (χ4n) is 2.78. The van der Waals surface area contributed by atoms with E-state index in [0.717, 1.165) is 12.1 Å². The molecule has 8 heteroatoms. The zero-order valence-electron chi connectivity index (χ0n) is 14.7. The summed E-state index contributed by atoms with van der Waals surface area (Å²) in [5.41, 5.74) is 6.67. The minimum absolute atomic E-state index is 0.0154. The van der Waals surface area contributed by atoms with Gasteiger partial charge in [0, 0.05) is 32.9 Å². The molecule has 144 valence electrons. The Morgan fingerprint density at radius 1 is 1.11 bits per heavy atom. The normalized spacial score (nSPS) is 10.7. The standard InChI is InChI=1S/C20H15F2IN2O3/c1-11-17(24)3-2-4-18(11)28-19-9-14(21)8-13(20(19)25(26)27)7-12-5-6-15(23)10-16(12)22/h2-6,8-10H,7,24H2,1H3. The molecule has 28 heavy (non-hydrogen) atoms. The van der Waals surface area contributed by atoms with Crippen molar-refractivity contribution in [2.75, 3.05) is 5.73 Å². The number of ether oxygens (including phenoxy) is 1. The lowest BCUT2D eigenvalue weighted by Crippen LogP contribution is -2.03. The van der Waals surface area contributed by atoms with Crippen molar-refractivity contribution in [2.24, 2.45) is 0 Å². The zero-order valence-corrected chi connectivity index (χ0v) is 16.9. The monoisotopic (exact) mass is 496 g/mol. The van der Waals surface area contributed by atoms with Gasteiger partial charge in [0.1, 0.15) is 17.4 Å². The fraction of sp³-hybridized carbons (Fsp3) is 0.100. The van der Waals surface area contributed by atoms with Gasteiger partial charge in [0.2, 0.25) is 5.75 Å². The molecule has 0 aliphatic heterocycles. The van der Waals surface area contributed by atoms with Crippen molar-refractivity contribution in [3.8, 4) is 11.5 Å². The third-order valence-electron chi connectivity index (χ3n) is 4.24. The van der Waals surface area contributed by atoms with Crippen molar-refractivity contribution in [1.29, 1.82) is 0 Å². The highest BCUT2D eigenvalue weighted by Crippen LogP contribution is 2.38. The largest absolute Gasteiger partial charge is 0.450 e. The van der Waals surface area contributed by atoms with Gasteiger partial charge in [-0.3, -0.25) is 10.1 Å². The summed E-state index contributed by atoms with van der Waals surface area (Å²) in [5, 5.41) is 11.7. The van der Waals surface area contributed by atoms with Gasteiger partial charge in [0.25, 0.3) is 0 Å². The lowest BCUT2D eigenvalue weighted by Gasteiger charge is -2.13. The molecule has 2 N–H and O–H groups in total. The van der Waals surface area contributed by atoms with Crippen LogP contribution >= 0.6 is 22.6 Å². The Kier molecular flexibility index (Phi) is 5.78. The molecule has 5 nitrogen and oxygen atoms in total. The molecule has 0 heterocycles. The summed E-state index contributed by atoms with van der Waals surface area (Å²) in [4.78, 5) is 11.1. The summed E-state index contributed by atoms with van der Waals surface area (Å²) >= 11 is 1.96. The van der Waals surface area contributed by atoms with Crippen LogP contribution in [0.1, 0.15) is 16.7 Å². The first-order chi connectivity index (χ1) is 13.3. The van der Waals surface area contributed by atoms with Gasteiger partial charge in [-0.2, -0.15) is 0 Å². The number of nitrogens with two attached hydrogens (primary N) is 1. The molecule has 0 aliphatic rings. The molecule has 0 bridgehead atoms. The van der Waals surface area contributed by atoms with Crippen LogP contribution in [0.4, 0.5) is 20.2 Å². The highest BCUT2D eigenvalue weighted by molar-refractivity contribution is 14.1. The SMILES string of the molecule is Cc1c(N)cccc1Oc1cc(F)cc(Cc2ccc(I)cc2F)c1[N+](=O)[O-]. The summed E-state index contributed by atoms with van der Waals surface area (Å²) in [6, 6.07) is 11.3. The second-order valence-corrected chi connectivity index (χ2v) is 7.40. The van der Waals surface area contributed by atoms with Crippen LogP contribution < -0.4 is 10.5 Å². The van der Waals surface area contributed by atoms with Gasteiger partial charge in [-0.15, -0.1) is 0 Å². The maximum atomic E-state index is 14.2. The van der Waals surface area contributed by atoms with Crippen LogP contribution in [0.15, 0.2) is 48.5 Å². The number of rotatable bonds is 5. The van der Waals surface area contributed by atoms with Crippen LogP contribution in [0.5, 0.6) is 11.5 Å². The average Bonchev–Trinajstić information content (AvgIpc) is 2.60. The molecule has 3 aromatic rings. The van der Waals surface area contributed by atoms with E-state index in [9.17, 15) is 18.9 Å². The minimum Gasteiger partial charge on any atom is -0.450 e. The number of hydrogen-bond donors (Lipinski definition) is 1. The van der Waals surface area contributed by atoms with Crippen LogP contribution in [-0.2, 0) is 6.42 Å². The molecule has 0 atom stereocenters. The smallest absolute Gasteiger partial charge is 0.315 e. The summed E-state index contributed by atoms with van der Waals surface area (Å²) in [7, 11) is 0. The first-order valence-corrected chi connectivity index (χ1v) is 9.28. The number of halogens is 3. The van der Waals surface area contributed by atoms with Crippen molar-refractivity contribution in [2.45, 2.75) is 13.3 Å². The summed E-state index contributed by atoms with van der Waals surface area (Å²) in [5.74, 6) is -1.22. The summed E-state index contributed by atoms with van der Waals surface area (Å²) in [6.45, 7) is 1.69. The Hall–Kier alpha value is -2.75. The van der Waals surface area contributed by atoms with Gasteiger partial charge in [-0.05, 0) is 65.4 Å². The number of hydrogen-bond acceptors (Lipinski definition) is 4. The molecule has 3 aromatic carbocycles. The van der Waals surface area contributed by atoms with E-state index in [1.807, 2.05) is 22.6 Å². The quantitative estimate of drug-likeness (QED) is 0.211. The zero-order chi connectivity index (χ0) is 20.4. The van der Waals surface area contributed by atoms with Crippen LogP contribution in [-0.4, -0.2) is 4.92 Å². The minimum atomic E-state index is -0.719. The van der Waals surface area contributed by atoms with E-state index in [2.05, 4.69) is 0 Å². The number of benzene rings is 3. The highest BCUT2D eigenvalue weighted by atomic mass is 127. The third-order valence-corrected chi connectivity index (χ3v) is 4.91. The molecule has 0 unspecified atom stereocenters. The number of anilines is 1. The Morgan fingerprint density at radius 3 is 2.54 bits per heavy atom. The van der Waals surface area contributed by atoms with Crippen LogP contribution in [0.25, 0.3) is 0 Å². The van der Waals surface area contributed by atoms with Crippen LogP contribution in [0.2, 0.25) is 0 Å². The van der Waals surface area contributed by atoms with Gasteiger partial charge in [-0.1, -0.05) is 12.1 Å². The summed E-state index contributed by atoms with van der Waals surface area (Å²) < 4.78 is 34.7. The number of nitro benzene ring substituents is 1. The van der Waals surface area contributed by atoms with Crippen molar-refractivity contribution < 1.29 is 18.4 Å². The molecule has 0 saturated carbocycles. The van der Waals surface area contributed by atoms with Crippen molar-refractivity contribution >= 4 is 34.0 Å². The molecule has 0 amide bonds. The third kappa shape index (κ3) is 4.22. The van der Waals surface area contributed by atoms with Gasteiger partial charge in [-0.25, -0.2) is 8.78 Å². The van der Waals surface area contributed by atoms with Crippen molar-refractivity contribution in [3.05, 3.63) is 90.5 Å². The molecular weight excluding hydrogens is 481 g/mol. The highest BCUT2D eigenvalue weighted by Gasteiger charge is 2.25. The summed E-state index contributed by atoms with van der Waals surface area (Å²) in [6.07, 6.45) is -0.150. The first-order valence-electron chi connectivity index (χ1n) is 8.20. The van der Waals surface area contributed by atoms with Gasteiger partial charge >= 0.3 is 5.69 Å². The second-order valence-electron chi connectivity index (χ2n) is 6.15. The van der Waals surface area contributed by atoms with Gasteiger partial charge < -0.3 is 10.5 Å². The predicted molar refractivity (Wildman–Crippen MR) is 111 cm³/mol. The van der Waals surface area contributed by atoms with E-state index in [1.54, 1.807) is 31.2 Å². The van der Waals surface area contributed by atoms with E-state index in [-0.39, 0.29) is 29.0 Å². The van der Waals surface area contributed by atoms with E-state index < -0.39 is 22.2 Å². The lowest BCUT2D eigenvalue weighted by molar-refractivity contribution is -0.386. The van der Waals surface area contributed by atoms with Gasteiger partial charge in [0.15, 0.2) is 0 Å². The molecule has 0 fully saturated rings. The van der Waals surface area contributed by atoms with E-state index in [1.165, 1.54) is 12.1 Å². The van der Waals surface area contributed by atoms with E-state index >= 15 is 0 Å². The Bertz CT molecular complexity index is 1070. The topological polar surface area (TPSA) is 78.4 Å². The molecule has 0 saturated heterocycles. The number of nitro groups is 1. The fourth-order valence-corrected chi connectivity index (χ4v) is 3.23. The maximum absolute atomic E-state index is 14.2. The van der Waals surface area contributed by atoms with Crippen molar-refractivity contribution in [3.63, 3.8) is 0 Å². The molecule has 0 spiro atoms. The van der Waals surface area contributed by atoms with Crippen LogP contribution in [0.3, 0.4) is 0 Å². The van der Waals surface area contributed by atoms with E-state index in [4.69, 9.17) is 10.5 Å². The number of nitrogens with zero attached hydrogens (tertiary/aromatic N) is 1. The molecular formula is C20H15F2IN2O3. The van der Waals surface area contributed by atoms with E-state index in [0.29, 0.717) is 14.8 Å². The lowest BCUT2D eigenvalue weighted by atomic mass is 10.0. The van der Waals surface area contributed by atoms with Crippen LogP contribution in [0, 0.1) is 32.2 Å². The maximum Gasteiger partial charge on any atom is 0.315 e. The Labute approximate surface area is 173 Å². The molecule has 0 radical (unpaired) electrons. The van der Waals surface area contributed by atoms with Crippen molar-refractivity contribution in [1.82, 2.24) is 0 Å². The second kappa shape index (κ2) is 8.09. The Morgan fingerprint density at radius 2 is 1.86 bits per heavy atom. The molecule has 0 aliphatic carbocycles. The molecule has 3 rings (SSSR count). The Balaban J connectivity index is 2.08. The number of nitrogen functional groups attached to an aromatic ring is 1. The average molecular weight is 496 g/mol. The molecule has 0 aromatic heterocycles. The first kappa shape index (κ1) is 20.0.